The lowest BCUT2D eigenvalue weighted by Gasteiger charge is -2.12. The molecular formula is C7H14O7S. The van der Waals surface area contributed by atoms with Gasteiger partial charge >= 0.3 is 5.97 Å². The third kappa shape index (κ3) is 7.25. The van der Waals surface area contributed by atoms with Gasteiger partial charge in [0.1, 0.15) is 0 Å². The van der Waals surface area contributed by atoms with Crippen molar-refractivity contribution in [2.75, 3.05) is 5.75 Å². The highest BCUT2D eigenvalue weighted by Gasteiger charge is 2.22. The van der Waals surface area contributed by atoms with Crippen molar-refractivity contribution in [3.63, 3.8) is 0 Å². The molecule has 8 heteroatoms. The van der Waals surface area contributed by atoms with Gasteiger partial charge in [-0.1, -0.05) is 0 Å². The van der Waals surface area contributed by atoms with E-state index < -0.39 is 34.0 Å². The van der Waals surface area contributed by atoms with Crippen LogP contribution >= 0.6 is 0 Å². The zero-order valence-corrected chi connectivity index (χ0v) is 8.72. The summed E-state index contributed by atoms with van der Waals surface area (Å²) in [6.07, 6.45) is -3.03. The second-order valence-corrected chi connectivity index (χ2v) is 4.70. The number of unbranched alkanes of at least 4 members (excludes halogenated alkanes) is 1. The van der Waals surface area contributed by atoms with Crippen molar-refractivity contribution in [3.8, 4) is 0 Å². The molecule has 90 valence electrons. The lowest BCUT2D eigenvalue weighted by Crippen LogP contribution is -2.33. The standard InChI is InChI=1S/C7H14O7S/c8-5(6(9)7(10)11)3-1-2-4-15(12,13)14/h5-6,8-9H,1-4H2,(H,10,11)(H,12,13,14). The fraction of sp³-hybridized carbons (Fsp3) is 0.857. The van der Waals surface area contributed by atoms with Gasteiger partial charge in [0.05, 0.1) is 11.9 Å². The Labute approximate surface area is 87.1 Å². The van der Waals surface area contributed by atoms with Gasteiger partial charge in [-0.05, 0) is 19.3 Å². The lowest BCUT2D eigenvalue weighted by molar-refractivity contribution is -0.153. The molecule has 0 aliphatic heterocycles. The first-order valence-corrected chi connectivity index (χ1v) is 5.89. The molecule has 0 radical (unpaired) electrons. The second-order valence-electron chi connectivity index (χ2n) is 3.13. The number of carboxylic acids is 1. The maximum atomic E-state index is 10.3. The average Bonchev–Trinajstić information content (AvgIpc) is 2.09. The van der Waals surface area contributed by atoms with Crippen molar-refractivity contribution >= 4 is 16.1 Å². The van der Waals surface area contributed by atoms with Crippen molar-refractivity contribution in [1.29, 1.82) is 0 Å². The largest absolute Gasteiger partial charge is 0.479 e. The number of rotatable bonds is 7. The van der Waals surface area contributed by atoms with Gasteiger partial charge in [0, 0.05) is 0 Å². The van der Waals surface area contributed by atoms with Crippen LogP contribution in [0, 0.1) is 0 Å². The van der Waals surface area contributed by atoms with E-state index in [1.165, 1.54) is 0 Å². The fourth-order valence-corrected chi connectivity index (χ4v) is 1.53. The molecule has 0 rings (SSSR count). The zero-order chi connectivity index (χ0) is 12.1. The molecule has 0 spiro atoms. The van der Waals surface area contributed by atoms with Gasteiger partial charge in [-0.2, -0.15) is 8.42 Å². The van der Waals surface area contributed by atoms with Crippen molar-refractivity contribution in [3.05, 3.63) is 0 Å². The summed E-state index contributed by atoms with van der Waals surface area (Å²) in [4.78, 5) is 10.2. The van der Waals surface area contributed by atoms with E-state index in [-0.39, 0.29) is 19.3 Å². The molecule has 0 aromatic carbocycles. The van der Waals surface area contributed by atoms with Crippen LogP contribution in [0.15, 0.2) is 0 Å². The predicted octanol–water partition coefficient (Wildman–Crippen LogP) is -1.15. The van der Waals surface area contributed by atoms with E-state index in [2.05, 4.69) is 0 Å². The highest BCUT2D eigenvalue weighted by Crippen LogP contribution is 2.06. The molecule has 0 aromatic heterocycles. The van der Waals surface area contributed by atoms with E-state index >= 15 is 0 Å². The molecule has 0 aliphatic carbocycles. The fourth-order valence-electron chi connectivity index (χ4n) is 0.960. The smallest absolute Gasteiger partial charge is 0.335 e. The Morgan fingerprint density at radius 1 is 1.20 bits per heavy atom. The molecule has 0 aromatic rings. The minimum Gasteiger partial charge on any atom is -0.479 e. The molecule has 2 atom stereocenters. The summed E-state index contributed by atoms with van der Waals surface area (Å²) in [5, 5.41) is 26.2. The van der Waals surface area contributed by atoms with Gasteiger partial charge in [0.15, 0.2) is 6.10 Å². The van der Waals surface area contributed by atoms with Gasteiger partial charge in [-0.15, -0.1) is 0 Å². The number of hydrogen-bond acceptors (Lipinski definition) is 5. The van der Waals surface area contributed by atoms with E-state index in [1.807, 2.05) is 0 Å². The molecule has 0 saturated heterocycles. The Bertz CT molecular complexity index is 296. The van der Waals surface area contributed by atoms with Crippen LogP contribution in [0.3, 0.4) is 0 Å². The third-order valence-electron chi connectivity index (χ3n) is 1.77. The van der Waals surface area contributed by atoms with Crippen molar-refractivity contribution in [2.24, 2.45) is 0 Å². The Kier molecular flexibility index (Phi) is 5.73. The average molecular weight is 242 g/mol. The first-order valence-electron chi connectivity index (χ1n) is 4.28. The number of carbonyl (C=O) groups is 1. The van der Waals surface area contributed by atoms with Gasteiger partial charge in [0.2, 0.25) is 0 Å². The Morgan fingerprint density at radius 2 is 1.73 bits per heavy atom. The number of aliphatic hydroxyl groups is 2. The molecule has 0 bridgehead atoms. The number of aliphatic hydroxyl groups excluding tert-OH is 2. The Hall–Kier alpha value is -0.700. The van der Waals surface area contributed by atoms with Crippen molar-refractivity contribution in [1.82, 2.24) is 0 Å². The third-order valence-corrected chi connectivity index (χ3v) is 2.57. The molecule has 0 heterocycles. The predicted molar refractivity (Wildman–Crippen MR) is 49.9 cm³/mol. The van der Waals surface area contributed by atoms with Crippen LogP contribution in [0.25, 0.3) is 0 Å². The van der Waals surface area contributed by atoms with Gasteiger partial charge < -0.3 is 15.3 Å². The maximum Gasteiger partial charge on any atom is 0.335 e. The molecule has 0 aliphatic rings. The lowest BCUT2D eigenvalue weighted by atomic mass is 10.1. The van der Waals surface area contributed by atoms with Crippen molar-refractivity contribution < 1.29 is 33.1 Å². The van der Waals surface area contributed by atoms with Crippen LogP contribution in [-0.2, 0) is 14.9 Å². The Balaban J connectivity index is 3.73. The van der Waals surface area contributed by atoms with Crippen molar-refractivity contribution in [2.45, 2.75) is 31.5 Å². The summed E-state index contributed by atoms with van der Waals surface area (Å²) in [5.74, 6) is -1.97. The summed E-state index contributed by atoms with van der Waals surface area (Å²) in [5.41, 5.74) is 0. The van der Waals surface area contributed by atoms with Crippen LogP contribution < -0.4 is 0 Å². The van der Waals surface area contributed by atoms with E-state index in [4.69, 9.17) is 19.9 Å². The van der Waals surface area contributed by atoms with Gasteiger partial charge in [0.25, 0.3) is 10.1 Å². The molecule has 4 N–H and O–H groups in total. The quantitative estimate of drug-likeness (QED) is 0.327. The van der Waals surface area contributed by atoms with Crippen LogP contribution in [0.5, 0.6) is 0 Å². The topological polar surface area (TPSA) is 132 Å². The first-order chi connectivity index (χ1) is 6.74. The minimum atomic E-state index is -4.02. The number of hydrogen-bond donors (Lipinski definition) is 4. The maximum absolute atomic E-state index is 10.3. The highest BCUT2D eigenvalue weighted by molar-refractivity contribution is 7.85. The second kappa shape index (κ2) is 6.01. The van der Waals surface area contributed by atoms with Gasteiger partial charge in [-0.3, -0.25) is 4.55 Å². The highest BCUT2D eigenvalue weighted by atomic mass is 32.2. The monoisotopic (exact) mass is 242 g/mol. The van der Waals surface area contributed by atoms with E-state index in [9.17, 15) is 13.2 Å². The van der Waals surface area contributed by atoms with Crippen LogP contribution in [0.1, 0.15) is 19.3 Å². The molecule has 2 unspecified atom stereocenters. The Morgan fingerprint density at radius 3 is 2.13 bits per heavy atom. The molecule has 15 heavy (non-hydrogen) atoms. The molecule has 7 nitrogen and oxygen atoms in total. The first kappa shape index (κ1) is 14.3. The van der Waals surface area contributed by atoms with Crippen LogP contribution in [0.4, 0.5) is 0 Å². The minimum absolute atomic E-state index is 0.0387. The SMILES string of the molecule is O=C(O)C(O)C(O)CCCCS(=O)(=O)O. The number of carboxylic acid groups (broad SMARTS) is 1. The van der Waals surface area contributed by atoms with Gasteiger partial charge in [-0.25, -0.2) is 4.79 Å². The molecule has 0 amide bonds. The number of aliphatic carboxylic acids is 1. The molecule has 0 fully saturated rings. The van der Waals surface area contributed by atoms with E-state index in [0.717, 1.165) is 0 Å². The zero-order valence-electron chi connectivity index (χ0n) is 7.90. The summed E-state index contributed by atoms with van der Waals surface area (Å²) in [7, 11) is -4.02. The van der Waals surface area contributed by atoms with Crippen LogP contribution in [0.2, 0.25) is 0 Å². The summed E-state index contributed by atoms with van der Waals surface area (Å²) in [6, 6.07) is 0. The normalized spacial score (nSPS) is 15.9. The molecular weight excluding hydrogens is 228 g/mol. The summed E-state index contributed by atoms with van der Waals surface area (Å²) in [6.45, 7) is 0. The van der Waals surface area contributed by atoms with E-state index in [1.54, 1.807) is 0 Å². The van der Waals surface area contributed by atoms with E-state index in [0.29, 0.717) is 0 Å². The summed E-state index contributed by atoms with van der Waals surface area (Å²) < 4.78 is 28.9. The molecule has 0 saturated carbocycles. The van der Waals surface area contributed by atoms with Crippen LogP contribution in [-0.4, -0.2) is 52.2 Å². The summed E-state index contributed by atoms with van der Waals surface area (Å²) >= 11 is 0.